The zero-order valence-corrected chi connectivity index (χ0v) is 13.0. The van der Waals surface area contributed by atoms with Gasteiger partial charge in [-0.1, -0.05) is 19.3 Å². The molecule has 0 aromatic heterocycles. The Morgan fingerprint density at radius 2 is 2.10 bits per heavy atom. The third-order valence-corrected chi connectivity index (χ3v) is 5.75. The zero-order valence-electron chi connectivity index (χ0n) is 13.0. The molecule has 0 bridgehead atoms. The lowest BCUT2D eigenvalue weighted by molar-refractivity contribution is -0.138. The second-order valence-electron chi connectivity index (χ2n) is 6.92. The summed E-state index contributed by atoms with van der Waals surface area (Å²) >= 11 is 0. The van der Waals surface area contributed by atoms with Crippen molar-refractivity contribution >= 4 is 11.8 Å². The van der Waals surface area contributed by atoms with Crippen LogP contribution in [0, 0.1) is 5.92 Å². The summed E-state index contributed by atoms with van der Waals surface area (Å²) in [5, 5.41) is 6.35. The third kappa shape index (κ3) is 2.80. The quantitative estimate of drug-likeness (QED) is 0.817. The average molecular weight is 293 g/mol. The van der Waals surface area contributed by atoms with Crippen molar-refractivity contribution in [3.05, 3.63) is 0 Å². The SMILES string of the molecule is CNC1(CC(=O)N2CCCC3C(=O)NCC32)CCCCC1. The molecule has 5 nitrogen and oxygen atoms in total. The Morgan fingerprint density at radius 1 is 1.33 bits per heavy atom. The van der Waals surface area contributed by atoms with Gasteiger partial charge in [-0.15, -0.1) is 0 Å². The maximum absolute atomic E-state index is 12.8. The van der Waals surface area contributed by atoms with E-state index in [2.05, 4.69) is 10.6 Å². The first-order valence-corrected chi connectivity index (χ1v) is 8.41. The van der Waals surface area contributed by atoms with Crippen molar-refractivity contribution in [2.75, 3.05) is 20.1 Å². The molecule has 118 valence electrons. The summed E-state index contributed by atoms with van der Waals surface area (Å²) in [4.78, 5) is 26.6. The Labute approximate surface area is 126 Å². The summed E-state index contributed by atoms with van der Waals surface area (Å²) in [5.41, 5.74) is -0.0156. The molecule has 2 unspecified atom stereocenters. The van der Waals surface area contributed by atoms with E-state index < -0.39 is 0 Å². The fraction of sp³-hybridized carbons (Fsp3) is 0.875. The summed E-state index contributed by atoms with van der Waals surface area (Å²) in [5.74, 6) is 0.399. The van der Waals surface area contributed by atoms with Crippen molar-refractivity contribution in [3.8, 4) is 0 Å². The number of fused-ring (bicyclic) bond motifs is 1. The predicted molar refractivity (Wildman–Crippen MR) is 80.7 cm³/mol. The minimum Gasteiger partial charge on any atom is -0.354 e. The molecule has 3 aliphatic rings. The number of carbonyl (C=O) groups is 2. The molecule has 0 spiro atoms. The van der Waals surface area contributed by atoms with Crippen LogP contribution < -0.4 is 10.6 Å². The molecule has 0 aromatic carbocycles. The van der Waals surface area contributed by atoms with E-state index in [0.717, 1.165) is 32.2 Å². The Bertz CT molecular complexity index is 418. The maximum Gasteiger partial charge on any atom is 0.225 e. The minimum absolute atomic E-state index is 0.0156. The van der Waals surface area contributed by atoms with Crippen LogP contribution in [0.5, 0.6) is 0 Å². The zero-order chi connectivity index (χ0) is 14.9. The van der Waals surface area contributed by atoms with Crippen molar-refractivity contribution in [2.45, 2.75) is 62.9 Å². The molecular formula is C16H27N3O2. The van der Waals surface area contributed by atoms with Gasteiger partial charge < -0.3 is 15.5 Å². The van der Waals surface area contributed by atoms with Crippen LogP contribution in [0.4, 0.5) is 0 Å². The normalized spacial score (nSPS) is 31.7. The molecule has 21 heavy (non-hydrogen) atoms. The molecule has 3 rings (SSSR count). The standard InChI is InChI=1S/C16H27N3O2/c1-17-16(7-3-2-4-8-16)10-14(20)19-9-5-6-12-13(19)11-18-15(12)21/h12-13,17H,2-11H2,1H3,(H,18,21). The molecule has 0 radical (unpaired) electrons. The first-order chi connectivity index (χ1) is 10.2. The number of rotatable bonds is 3. The van der Waals surface area contributed by atoms with Gasteiger partial charge in [-0.3, -0.25) is 9.59 Å². The second-order valence-corrected chi connectivity index (χ2v) is 6.92. The van der Waals surface area contributed by atoms with Crippen LogP contribution in [0.25, 0.3) is 0 Å². The van der Waals surface area contributed by atoms with Gasteiger partial charge in [-0.25, -0.2) is 0 Å². The highest BCUT2D eigenvalue weighted by Gasteiger charge is 2.44. The van der Waals surface area contributed by atoms with E-state index in [4.69, 9.17) is 0 Å². The van der Waals surface area contributed by atoms with Crippen molar-refractivity contribution in [2.24, 2.45) is 5.92 Å². The van der Waals surface area contributed by atoms with Crippen LogP contribution in [0.2, 0.25) is 0 Å². The molecular weight excluding hydrogens is 266 g/mol. The Morgan fingerprint density at radius 3 is 2.81 bits per heavy atom. The Hall–Kier alpha value is -1.10. The highest BCUT2D eigenvalue weighted by atomic mass is 16.2. The number of piperidine rings is 1. The van der Waals surface area contributed by atoms with E-state index in [0.29, 0.717) is 13.0 Å². The van der Waals surface area contributed by atoms with Gasteiger partial charge in [0, 0.05) is 25.0 Å². The van der Waals surface area contributed by atoms with Crippen molar-refractivity contribution in [1.29, 1.82) is 0 Å². The molecule has 2 N–H and O–H groups in total. The lowest BCUT2D eigenvalue weighted by Gasteiger charge is -2.41. The fourth-order valence-electron chi connectivity index (χ4n) is 4.40. The summed E-state index contributed by atoms with van der Waals surface area (Å²) in [6.45, 7) is 1.45. The summed E-state index contributed by atoms with van der Waals surface area (Å²) in [7, 11) is 1.98. The van der Waals surface area contributed by atoms with E-state index >= 15 is 0 Å². The Balaban J connectivity index is 1.68. The van der Waals surface area contributed by atoms with Gasteiger partial charge in [0.05, 0.1) is 12.0 Å². The third-order valence-electron chi connectivity index (χ3n) is 5.75. The molecule has 2 atom stereocenters. The van der Waals surface area contributed by atoms with Gasteiger partial charge in [-0.05, 0) is 32.7 Å². The molecule has 1 saturated carbocycles. The largest absolute Gasteiger partial charge is 0.354 e. The molecule has 2 aliphatic heterocycles. The van der Waals surface area contributed by atoms with Gasteiger partial charge in [0.2, 0.25) is 11.8 Å². The topological polar surface area (TPSA) is 61.4 Å². The number of likely N-dealkylation sites (tertiary alicyclic amines) is 1. The lowest BCUT2D eigenvalue weighted by Crippen LogP contribution is -2.53. The number of amides is 2. The molecule has 3 fully saturated rings. The predicted octanol–water partition coefficient (Wildman–Crippen LogP) is 1.04. The molecule has 2 heterocycles. The maximum atomic E-state index is 12.8. The van der Waals surface area contributed by atoms with E-state index in [1.165, 1.54) is 19.3 Å². The van der Waals surface area contributed by atoms with Crippen molar-refractivity contribution < 1.29 is 9.59 Å². The highest BCUT2D eigenvalue weighted by molar-refractivity contribution is 5.85. The Kier molecular flexibility index (Phi) is 4.20. The van der Waals surface area contributed by atoms with Crippen LogP contribution in [-0.2, 0) is 9.59 Å². The summed E-state index contributed by atoms with van der Waals surface area (Å²) < 4.78 is 0. The first kappa shape index (κ1) is 14.8. The number of nitrogens with zero attached hydrogens (tertiary/aromatic N) is 1. The molecule has 0 aromatic rings. The van der Waals surface area contributed by atoms with E-state index in [1.807, 2.05) is 11.9 Å². The summed E-state index contributed by atoms with van der Waals surface area (Å²) in [6, 6.07) is 0.0937. The highest BCUT2D eigenvalue weighted by Crippen LogP contribution is 2.33. The minimum atomic E-state index is -0.0156. The number of hydrogen-bond acceptors (Lipinski definition) is 3. The molecule has 1 aliphatic carbocycles. The number of carbonyl (C=O) groups excluding carboxylic acids is 2. The summed E-state index contributed by atoms with van der Waals surface area (Å²) in [6.07, 6.45) is 8.35. The van der Waals surface area contributed by atoms with Gasteiger partial charge >= 0.3 is 0 Å². The van der Waals surface area contributed by atoms with Crippen LogP contribution in [0.3, 0.4) is 0 Å². The van der Waals surface area contributed by atoms with Crippen molar-refractivity contribution in [3.63, 3.8) is 0 Å². The van der Waals surface area contributed by atoms with Crippen LogP contribution in [0.1, 0.15) is 51.4 Å². The van der Waals surface area contributed by atoms with Crippen LogP contribution in [0.15, 0.2) is 0 Å². The van der Waals surface area contributed by atoms with Gasteiger partial charge in [0.1, 0.15) is 0 Å². The molecule has 5 heteroatoms. The smallest absolute Gasteiger partial charge is 0.225 e. The van der Waals surface area contributed by atoms with Crippen LogP contribution in [-0.4, -0.2) is 48.4 Å². The van der Waals surface area contributed by atoms with E-state index in [-0.39, 0.29) is 29.3 Å². The van der Waals surface area contributed by atoms with Crippen molar-refractivity contribution in [1.82, 2.24) is 15.5 Å². The van der Waals surface area contributed by atoms with E-state index in [1.54, 1.807) is 0 Å². The van der Waals surface area contributed by atoms with Gasteiger partial charge in [0.25, 0.3) is 0 Å². The molecule has 2 saturated heterocycles. The van der Waals surface area contributed by atoms with Gasteiger partial charge in [0.15, 0.2) is 0 Å². The first-order valence-electron chi connectivity index (χ1n) is 8.41. The second kappa shape index (κ2) is 5.95. The average Bonchev–Trinajstić information content (AvgIpc) is 2.90. The van der Waals surface area contributed by atoms with Crippen LogP contribution >= 0.6 is 0 Å². The number of nitrogens with one attached hydrogen (secondary N) is 2. The van der Waals surface area contributed by atoms with E-state index in [9.17, 15) is 9.59 Å². The fourth-order valence-corrected chi connectivity index (χ4v) is 4.40. The lowest BCUT2D eigenvalue weighted by atomic mass is 9.78. The molecule has 2 amide bonds. The van der Waals surface area contributed by atoms with Gasteiger partial charge in [-0.2, -0.15) is 0 Å². The monoisotopic (exact) mass is 293 g/mol. The number of hydrogen-bond donors (Lipinski definition) is 2.